The number of nitrogens with two attached hydrogens (primary N) is 1. The zero-order valence-corrected chi connectivity index (χ0v) is 11.2. The van der Waals surface area contributed by atoms with E-state index in [0.717, 1.165) is 12.8 Å². The van der Waals surface area contributed by atoms with Gasteiger partial charge in [0.2, 0.25) is 0 Å². The maximum absolute atomic E-state index is 11.9. The Bertz CT molecular complexity index is 442. The smallest absolute Gasteiger partial charge is 0.319 e. The van der Waals surface area contributed by atoms with Crippen LogP contribution in [0, 0.1) is 0 Å². The standard InChI is InChI=1S/C14H21N3O2/c1-19-13-8-7-11(9-12(13)15)17-14(18)16-10-5-3-2-4-6-10/h7-10H,2-6,15H2,1H3,(H2,16,17,18). The van der Waals surface area contributed by atoms with Gasteiger partial charge in [-0.1, -0.05) is 19.3 Å². The van der Waals surface area contributed by atoms with Crippen LogP contribution in [-0.2, 0) is 0 Å². The summed E-state index contributed by atoms with van der Waals surface area (Å²) in [6.45, 7) is 0. The molecular formula is C14H21N3O2. The van der Waals surface area contributed by atoms with Crippen LogP contribution >= 0.6 is 0 Å². The zero-order chi connectivity index (χ0) is 13.7. The maximum Gasteiger partial charge on any atom is 0.319 e. The summed E-state index contributed by atoms with van der Waals surface area (Å²) in [7, 11) is 1.56. The highest BCUT2D eigenvalue weighted by Crippen LogP contribution is 2.24. The summed E-state index contributed by atoms with van der Waals surface area (Å²) in [5.74, 6) is 0.609. The number of ether oxygens (including phenoxy) is 1. The number of hydrogen-bond donors (Lipinski definition) is 3. The molecule has 1 aliphatic carbocycles. The van der Waals surface area contributed by atoms with Gasteiger partial charge in [-0.2, -0.15) is 0 Å². The molecule has 0 aromatic heterocycles. The fourth-order valence-corrected chi connectivity index (χ4v) is 2.41. The van der Waals surface area contributed by atoms with E-state index in [2.05, 4.69) is 10.6 Å². The average molecular weight is 263 g/mol. The Morgan fingerprint density at radius 3 is 2.68 bits per heavy atom. The van der Waals surface area contributed by atoms with Crippen molar-refractivity contribution in [3.05, 3.63) is 18.2 Å². The van der Waals surface area contributed by atoms with Crippen LogP contribution in [0.15, 0.2) is 18.2 Å². The van der Waals surface area contributed by atoms with Crippen molar-refractivity contribution in [1.82, 2.24) is 5.32 Å². The van der Waals surface area contributed by atoms with Gasteiger partial charge in [0.15, 0.2) is 0 Å². The molecular weight excluding hydrogens is 242 g/mol. The molecule has 1 aliphatic rings. The average Bonchev–Trinajstić information content (AvgIpc) is 2.40. The SMILES string of the molecule is COc1ccc(NC(=O)NC2CCCCC2)cc1N. The maximum atomic E-state index is 11.9. The molecule has 4 N–H and O–H groups in total. The second-order valence-electron chi connectivity index (χ2n) is 4.89. The number of carbonyl (C=O) groups is 1. The Morgan fingerprint density at radius 2 is 2.05 bits per heavy atom. The van der Waals surface area contributed by atoms with Crippen molar-refractivity contribution in [3.63, 3.8) is 0 Å². The highest BCUT2D eigenvalue weighted by atomic mass is 16.5. The van der Waals surface area contributed by atoms with Crippen LogP contribution < -0.4 is 21.1 Å². The van der Waals surface area contributed by atoms with Crippen molar-refractivity contribution in [2.24, 2.45) is 0 Å². The van der Waals surface area contributed by atoms with Crippen LogP contribution in [0.2, 0.25) is 0 Å². The van der Waals surface area contributed by atoms with Crippen molar-refractivity contribution < 1.29 is 9.53 Å². The third kappa shape index (κ3) is 3.77. The third-order valence-corrected chi connectivity index (χ3v) is 3.43. The van der Waals surface area contributed by atoms with Crippen LogP contribution in [0.25, 0.3) is 0 Å². The van der Waals surface area contributed by atoms with Crippen LogP contribution in [0.4, 0.5) is 16.2 Å². The van der Waals surface area contributed by atoms with Gasteiger partial charge in [-0.05, 0) is 31.0 Å². The second-order valence-corrected chi connectivity index (χ2v) is 4.89. The van der Waals surface area contributed by atoms with E-state index >= 15 is 0 Å². The molecule has 0 saturated heterocycles. The molecule has 0 bridgehead atoms. The van der Waals surface area contributed by atoms with Crippen LogP contribution in [-0.4, -0.2) is 19.2 Å². The molecule has 0 spiro atoms. The normalized spacial score (nSPS) is 15.8. The summed E-state index contributed by atoms with van der Waals surface area (Å²) in [5, 5.41) is 5.79. The number of methoxy groups -OCH3 is 1. The van der Waals surface area contributed by atoms with Crippen molar-refractivity contribution >= 4 is 17.4 Å². The summed E-state index contributed by atoms with van der Waals surface area (Å²) >= 11 is 0. The first-order valence-electron chi connectivity index (χ1n) is 6.70. The summed E-state index contributed by atoms with van der Waals surface area (Å²) in [6.07, 6.45) is 5.80. The van der Waals surface area contributed by atoms with Crippen molar-refractivity contribution in [1.29, 1.82) is 0 Å². The lowest BCUT2D eigenvalue weighted by molar-refractivity contribution is 0.244. The fraction of sp³-hybridized carbons (Fsp3) is 0.500. The highest BCUT2D eigenvalue weighted by molar-refractivity contribution is 5.90. The van der Waals surface area contributed by atoms with E-state index in [1.54, 1.807) is 25.3 Å². The molecule has 0 aliphatic heterocycles. The minimum atomic E-state index is -0.170. The third-order valence-electron chi connectivity index (χ3n) is 3.43. The first-order chi connectivity index (χ1) is 9.19. The number of nitrogen functional groups attached to an aromatic ring is 1. The van der Waals surface area contributed by atoms with Gasteiger partial charge < -0.3 is 21.1 Å². The van der Waals surface area contributed by atoms with Crippen molar-refractivity contribution in [2.45, 2.75) is 38.1 Å². The van der Waals surface area contributed by atoms with Crippen LogP contribution in [0.3, 0.4) is 0 Å². The quantitative estimate of drug-likeness (QED) is 0.734. The molecule has 1 aromatic rings. The van der Waals surface area contributed by atoms with Crippen molar-refractivity contribution in [3.8, 4) is 5.75 Å². The number of benzene rings is 1. The van der Waals surface area contributed by atoms with E-state index in [4.69, 9.17) is 10.5 Å². The number of anilines is 2. The Balaban J connectivity index is 1.89. The minimum Gasteiger partial charge on any atom is -0.495 e. The number of carbonyl (C=O) groups excluding carboxylic acids is 1. The summed E-state index contributed by atoms with van der Waals surface area (Å²) in [6, 6.07) is 5.33. The lowest BCUT2D eigenvalue weighted by Crippen LogP contribution is -2.39. The second kappa shape index (κ2) is 6.31. The number of rotatable bonds is 3. The molecule has 5 nitrogen and oxygen atoms in total. The fourth-order valence-electron chi connectivity index (χ4n) is 2.41. The number of hydrogen-bond acceptors (Lipinski definition) is 3. The number of urea groups is 1. The molecule has 2 amide bonds. The molecule has 1 saturated carbocycles. The molecule has 0 atom stereocenters. The minimum absolute atomic E-state index is 0.170. The van der Waals surface area contributed by atoms with E-state index in [9.17, 15) is 4.79 Å². The largest absolute Gasteiger partial charge is 0.495 e. The summed E-state index contributed by atoms with van der Waals surface area (Å²) < 4.78 is 5.07. The summed E-state index contributed by atoms with van der Waals surface area (Å²) in [5.41, 5.74) is 6.98. The Labute approximate surface area is 113 Å². The van der Waals surface area contributed by atoms with Crippen LogP contribution in [0.1, 0.15) is 32.1 Å². The van der Waals surface area contributed by atoms with Gasteiger partial charge in [0.05, 0.1) is 12.8 Å². The predicted molar refractivity (Wildman–Crippen MR) is 76.4 cm³/mol. The zero-order valence-electron chi connectivity index (χ0n) is 11.2. The van der Waals surface area contributed by atoms with Gasteiger partial charge in [0.1, 0.15) is 5.75 Å². The van der Waals surface area contributed by atoms with E-state index in [1.165, 1.54) is 19.3 Å². The molecule has 104 valence electrons. The van der Waals surface area contributed by atoms with Crippen LogP contribution in [0.5, 0.6) is 5.75 Å². The molecule has 1 aromatic carbocycles. The molecule has 0 unspecified atom stereocenters. The molecule has 0 heterocycles. The molecule has 5 heteroatoms. The van der Waals surface area contributed by atoms with Gasteiger partial charge in [-0.25, -0.2) is 4.79 Å². The Morgan fingerprint density at radius 1 is 1.32 bits per heavy atom. The van der Waals surface area contributed by atoms with E-state index in [1.807, 2.05) is 0 Å². The van der Waals surface area contributed by atoms with E-state index in [0.29, 0.717) is 23.2 Å². The number of amides is 2. The Hall–Kier alpha value is -1.91. The first kappa shape index (κ1) is 13.5. The monoisotopic (exact) mass is 263 g/mol. The topological polar surface area (TPSA) is 76.4 Å². The lowest BCUT2D eigenvalue weighted by atomic mass is 9.96. The predicted octanol–water partition coefficient (Wildman–Crippen LogP) is 2.73. The van der Waals surface area contributed by atoms with E-state index in [-0.39, 0.29) is 6.03 Å². The lowest BCUT2D eigenvalue weighted by Gasteiger charge is -2.22. The Kier molecular flexibility index (Phi) is 4.49. The number of nitrogens with one attached hydrogen (secondary N) is 2. The highest BCUT2D eigenvalue weighted by Gasteiger charge is 2.15. The van der Waals surface area contributed by atoms with Gasteiger partial charge in [0.25, 0.3) is 0 Å². The van der Waals surface area contributed by atoms with Crippen molar-refractivity contribution in [2.75, 3.05) is 18.2 Å². The van der Waals surface area contributed by atoms with Gasteiger partial charge in [-0.3, -0.25) is 0 Å². The van der Waals surface area contributed by atoms with Gasteiger partial charge in [0, 0.05) is 11.7 Å². The molecule has 19 heavy (non-hydrogen) atoms. The van der Waals surface area contributed by atoms with Gasteiger partial charge in [-0.15, -0.1) is 0 Å². The molecule has 2 rings (SSSR count). The summed E-state index contributed by atoms with van der Waals surface area (Å²) in [4.78, 5) is 11.9. The molecule has 1 fully saturated rings. The van der Waals surface area contributed by atoms with E-state index < -0.39 is 0 Å². The molecule has 0 radical (unpaired) electrons. The first-order valence-corrected chi connectivity index (χ1v) is 6.70. The van der Waals surface area contributed by atoms with Gasteiger partial charge >= 0.3 is 6.03 Å².